The molecule has 0 aliphatic rings. The lowest BCUT2D eigenvalue weighted by Crippen LogP contribution is -2.39. The summed E-state index contributed by atoms with van der Waals surface area (Å²) in [6, 6.07) is 10.3. The van der Waals surface area contributed by atoms with Gasteiger partial charge in [0.05, 0.1) is 0 Å². The zero-order chi connectivity index (χ0) is 18.8. The van der Waals surface area contributed by atoms with E-state index in [0.717, 1.165) is 43.4 Å². The van der Waals surface area contributed by atoms with Crippen molar-refractivity contribution in [2.24, 2.45) is 4.99 Å². The van der Waals surface area contributed by atoms with E-state index in [1.807, 2.05) is 12.1 Å². The van der Waals surface area contributed by atoms with Gasteiger partial charge in [-0.05, 0) is 50.0 Å². The summed E-state index contributed by atoms with van der Waals surface area (Å²) in [5.41, 5.74) is 0. The maximum Gasteiger partial charge on any atom is 0.191 e. The smallest absolute Gasteiger partial charge is 0.191 e. The van der Waals surface area contributed by atoms with Crippen molar-refractivity contribution in [2.75, 3.05) is 39.8 Å². The predicted molar refractivity (Wildman–Crippen MR) is 113 cm³/mol. The second kappa shape index (κ2) is 11.2. The molecule has 0 saturated heterocycles. The van der Waals surface area contributed by atoms with Gasteiger partial charge in [-0.2, -0.15) is 0 Å². The van der Waals surface area contributed by atoms with Crippen LogP contribution in [0.3, 0.4) is 0 Å². The Balaban J connectivity index is 1.71. The molecule has 0 saturated carbocycles. The summed E-state index contributed by atoms with van der Waals surface area (Å²) in [5.74, 6) is 0.744. The lowest BCUT2D eigenvalue weighted by Gasteiger charge is -2.18. The minimum absolute atomic E-state index is 0.450. The van der Waals surface area contributed by atoms with Gasteiger partial charge in [-0.25, -0.2) is 0 Å². The molecule has 0 amide bonds. The van der Waals surface area contributed by atoms with Crippen LogP contribution >= 0.6 is 11.3 Å². The molecule has 26 heavy (non-hydrogen) atoms. The van der Waals surface area contributed by atoms with E-state index in [4.69, 9.17) is 0 Å². The number of unbranched alkanes of at least 4 members (excludes halogenated alkanes) is 1. The standard InChI is InChI=1S/C20H32N4OS/c1-4-24(5-2)13-9-8-12-22-20(21-3)23-15-17(25)19-14-16-10-6-7-11-18(16)26-19/h6-7,10-11,14,17,25H,4-5,8-9,12-13,15H2,1-3H3,(H2,21,22,23). The van der Waals surface area contributed by atoms with E-state index in [1.54, 1.807) is 18.4 Å². The van der Waals surface area contributed by atoms with Crippen LogP contribution in [0.2, 0.25) is 0 Å². The molecule has 0 radical (unpaired) electrons. The van der Waals surface area contributed by atoms with Crippen molar-refractivity contribution in [1.82, 2.24) is 15.5 Å². The van der Waals surface area contributed by atoms with E-state index in [0.29, 0.717) is 6.54 Å². The van der Waals surface area contributed by atoms with Gasteiger partial charge in [0.15, 0.2) is 5.96 Å². The molecule has 0 aliphatic carbocycles. The lowest BCUT2D eigenvalue weighted by molar-refractivity contribution is 0.184. The minimum Gasteiger partial charge on any atom is -0.386 e. The Morgan fingerprint density at radius 1 is 1.19 bits per heavy atom. The van der Waals surface area contributed by atoms with Gasteiger partial charge in [0, 0.05) is 29.7 Å². The fraction of sp³-hybridized carbons (Fsp3) is 0.550. The maximum absolute atomic E-state index is 10.5. The normalized spacial score (nSPS) is 13.3. The number of hydrogen-bond donors (Lipinski definition) is 3. The monoisotopic (exact) mass is 376 g/mol. The van der Waals surface area contributed by atoms with Crippen LogP contribution in [-0.4, -0.2) is 55.7 Å². The molecule has 2 aromatic rings. The molecule has 5 nitrogen and oxygen atoms in total. The van der Waals surface area contributed by atoms with Crippen LogP contribution in [0, 0.1) is 0 Å². The first kappa shape index (κ1) is 20.7. The Hall–Kier alpha value is -1.63. The highest BCUT2D eigenvalue weighted by Gasteiger charge is 2.12. The highest BCUT2D eigenvalue weighted by atomic mass is 32.1. The summed E-state index contributed by atoms with van der Waals surface area (Å²) in [6.45, 7) is 9.12. The first-order valence-electron chi connectivity index (χ1n) is 9.51. The van der Waals surface area contributed by atoms with E-state index >= 15 is 0 Å². The molecular weight excluding hydrogens is 344 g/mol. The number of thiophene rings is 1. The minimum atomic E-state index is -0.534. The molecule has 0 bridgehead atoms. The van der Waals surface area contributed by atoms with Gasteiger partial charge in [-0.3, -0.25) is 4.99 Å². The van der Waals surface area contributed by atoms with Crippen LogP contribution in [0.25, 0.3) is 10.1 Å². The Morgan fingerprint density at radius 3 is 2.65 bits per heavy atom. The van der Waals surface area contributed by atoms with Crippen LogP contribution in [0.4, 0.5) is 0 Å². The zero-order valence-electron chi connectivity index (χ0n) is 16.2. The number of aliphatic hydroxyl groups excluding tert-OH is 1. The van der Waals surface area contributed by atoms with Crippen molar-refractivity contribution in [3.63, 3.8) is 0 Å². The summed E-state index contributed by atoms with van der Waals surface area (Å²) in [6.07, 6.45) is 1.75. The summed E-state index contributed by atoms with van der Waals surface area (Å²) in [7, 11) is 1.76. The Labute approximate surface area is 161 Å². The zero-order valence-corrected chi connectivity index (χ0v) is 17.0. The van der Waals surface area contributed by atoms with Crippen molar-refractivity contribution in [2.45, 2.75) is 32.8 Å². The molecule has 1 aromatic heterocycles. The Kier molecular flexibility index (Phi) is 8.88. The molecule has 0 spiro atoms. The molecule has 0 fully saturated rings. The summed E-state index contributed by atoms with van der Waals surface area (Å²) in [4.78, 5) is 7.66. The number of nitrogens with zero attached hydrogens (tertiary/aromatic N) is 2. The van der Waals surface area contributed by atoms with Gasteiger partial charge < -0.3 is 20.6 Å². The Morgan fingerprint density at radius 2 is 1.96 bits per heavy atom. The van der Waals surface area contributed by atoms with Crippen molar-refractivity contribution in [1.29, 1.82) is 0 Å². The number of benzene rings is 1. The van der Waals surface area contributed by atoms with Crippen LogP contribution in [-0.2, 0) is 0 Å². The van der Waals surface area contributed by atoms with Crippen LogP contribution in [0.1, 0.15) is 37.7 Å². The van der Waals surface area contributed by atoms with Crippen molar-refractivity contribution in [3.05, 3.63) is 35.2 Å². The van der Waals surface area contributed by atoms with Crippen molar-refractivity contribution >= 4 is 27.4 Å². The fourth-order valence-corrected chi connectivity index (χ4v) is 3.94. The fourth-order valence-electron chi connectivity index (χ4n) is 2.89. The Bertz CT molecular complexity index is 648. The van der Waals surface area contributed by atoms with Gasteiger partial charge in [0.25, 0.3) is 0 Å². The van der Waals surface area contributed by atoms with Crippen molar-refractivity contribution < 1.29 is 5.11 Å². The summed E-state index contributed by atoms with van der Waals surface area (Å²) >= 11 is 1.64. The molecule has 6 heteroatoms. The van der Waals surface area contributed by atoms with Gasteiger partial charge >= 0.3 is 0 Å². The molecular formula is C20H32N4OS. The van der Waals surface area contributed by atoms with Crippen LogP contribution in [0.5, 0.6) is 0 Å². The van der Waals surface area contributed by atoms with Crippen LogP contribution < -0.4 is 10.6 Å². The number of hydrogen-bond acceptors (Lipinski definition) is 4. The van der Waals surface area contributed by atoms with E-state index in [-0.39, 0.29) is 0 Å². The predicted octanol–water partition coefficient (Wildman–Crippen LogP) is 3.22. The maximum atomic E-state index is 10.5. The molecule has 3 N–H and O–H groups in total. The van der Waals surface area contributed by atoms with Gasteiger partial charge in [-0.15, -0.1) is 11.3 Å². The summed E-state index contributed by atoms with van der Waals surface area (Å²) < 4.78 is 1.21. The number of guanidine groups is 1. The van der Waals surface area contributed by atoms with E-state index in [1.165, 1.54) is 16.5 Å². The van der Waals surface area contributed by atoms with E-state index in [2.05, 4.69) is 52.6 Å². The molecule has 1 atom stereocenters. The SMILES string of the molecule is CCN(CC)CCCCNC(=NC)NCC(O)c1cc2ccccc2s1. The highest BCUT2D eigenvalue weighted by Crippen LogP contribution is 2.29. The van der Waals surface area contributed by atoms with Gasteiger partial charge in [0.1, 0.15) is 6.10 Å². The quantitative estimate of drug-likeness (QED) is 0.338. The molecule has 2 rings (SSSR count). The largest absolute Gasteiger partial charge is 0.386 e. The topological polar surface area (TPSA) is 59.9 Å². The average molecular weight is 377 g/mol. The third-order valence-corrected chi connectivity index (χ3v) is 5.76. The first-order valence-corrected chi connectivity index (χ1v) is 10.3. The van der Waals surface area contributed by atoms with E-state index in [9.17, 15) is 5.11 Å². The molecule has 144 valence electrons. The number of rotatable bonds is 10. The lowest BCUT2D eigenvalue weighted by atomic mass is 10.2. The average Bonchev–Trinajstić information content (AvgIpc) is 3.11. The van der Waals surface area contributed by atoms with Crippen molar-refractivity contribution in [3.8, 4) is 0 Å². The number of aliphatic hydroxyl groups is 1. The van der Waals surface area contributed by atoms with Gasteiger partial charge in [-0.1, -0.05) is 32.0 Å². The molecule has 1 aromatic carbocycles. The molecule has 0 aliphatic heterocycles. The second-order valence-corrected chi connectivity index (χ2v) is 7.43. The van der Waals surface area contributed by atoms with E-state index < -0.39 is 6.10 Å². The number of fused-ring (bicyclic) bond motifs is 1. The molecule has 1 heterocycles. The third-order valence-electron chi connectivity index (χ3n) is 4.55. The number of nitrogens with one attached hydrogen (secondary N) is 2. The number of aliphatic imine (C=N–C) groups is 1. The second-order valence-electron chi connectivity index (χ2n) is 6.32. The van der Waals surface area contributed by atoms with Gasteiger partial charge in [0.2, 0.25) is 0 Å². The summed E-state index contributed by atoms with van der Waals surface area (Å²) in [5, 5.41) is 18.2. The van der Waals surface area contributed by atoms with Crippen LogP contribution in [0.15, 0.2) is 35.3 Å². The molecule has 1 unspecified atom stereocenters. The third kappa shape index (κ3) is 6.27. The highest BCUT2D eigenvalue weighted by molar-refractivity contribution is 7.19. The first-order chi connectivity index (χ1) is 12.7.